The molecule has 96 valence electrons. The van der Waals surface area contributed by atoms with Crippen LogP contribution in [-0.4, -0.2) is 19.7 Å². The third kappa shape index (κ3) is 2.33. The number of aryl methyl sites for hydroxylation is 1. The standard InChI is InChI=1S/C12H15IN4O/c1-4-17-8(5-6-14-17)11-15-10(7(2)3)9(13)12(18)16-11/h5-7H,4H2,1-3H3,(H,15,16,18). The molecule has 0 amide bonds. The number of aromatic nitrogens is 4. The van der Waals surface area contributed by atoms with Crippen LogP contribution in [0, 0.1) is 3.57 Å². The second-order valence-corrected chi connectivity index (χ2v) is 5.38. The molecule has 2 aromatic rings. The second kappa shape index (κ2) is 5.21. The summed E-state index contributed by atoms with van der Waals surface area (Å²) in [6, 6.07) is 1.86. The van der Waals surface area contributed by atoms with Crippen LogP contribution < -0.4 is 5.56 Å². The summed E-state index contributed by atoms with van der Waals surface area (Å²) >= 11 is 2.04. The number of H-pyrrole nitrogens is 1. The van der Waals surface area contributed by atoms with E-state index in [2.05, 4.69) is 15.1 Å². The normalized spacial score (nSPS) is 11.2. The quantitative estimate of drug-likeness (QED) is 0.857. The van der Waals surface area contributed by atoms with Gasteiger partial charge in [-0.25, -0.2) is 4.98 Å². The molecule has 0 saturated heterocycles. The Labute approximate surface area is 119 Å². The highest BCUT2D eigenvalue weighted by atomic mass is 127. The van der Waals surface area contributed by atoms with Gasteiger partial charge < -0.3 is 4.98 Å². The molecule has 0 aliphatic rings. The molecule has 0 aromatic carbocycles. The van der Waals surface area contributed by atoms with E-state index >= 15 is 0 Å². The Balaban J connectivity index is 2.63. The minimum Gasteiger partial charge on any atom is -0.304 e. The van der Waals surface area contributed by atoms with Gasteiger partial charge in [-0.2, -0.15) is 5.10 Å². The van der Waals surface area contributed by atoms with E-state index in [0.717, 1.165) is 17.9 Å². The van der Waals surface area contributed by atoms with Crippen molar-refractivity contribution in [2.75, 3.05) is 0 Å². The molecule has 0 unspecified atom stereocenters. The van der Waals surface area contributed by atoms with Crippen molar-refractivity contribution in [2.45, 2.75) is 33.2 Å². The van der Waals surface area contributed by atoms with Crippen LogP contribution in [0.1, 0.15) is 32.4 Å². The second-order valence-electron chi connectivity index (χ2n) is 4.30. The van der Waals surface area contributed by atoms with Gasteiger partial charge in [-0.15, -0.1) is 0 Å². The maximum atomic E-state index is 11.9. The van der Waals surface area contributed by atoms with E-state index in [1.807, 2.05) is 54.1 Å². The molecule has 0 saturated carbocycles. The van der Waals surface area contributed by atoms with Crippen molar-refractivity contribution in [1.29, 1.82) is 0 Å². The molecule has 18 heavy (non-hydrogen) atoms. The Bertz CT molecular complexity index is 615. The average molecular weight is 358 g/mol. The van der Waals surface area contributed by atoms with Gasteiger partial charge in [-0.3, -0.25) is 9.48 Å². The SMILES string of the molecule is CCn1nccc1-c1nc(C(C)C)c(I)c(=O)[nH]1. The minimum atomic E-state index is -0.0897. The lowest BCUT2D eigenvalue weighted by atomic mass is 10.1. The van der Waals surface area contributed by atoms with E-state index in [4.69, 9.17) is 0 Å². The molecule has 0 atom stereocenters. The molecule has 2 aromatic heterocycles. The fraction of sp³-hybridized carbons (Fsp3) is 0.417. The minimum absolute atomic E-state index is 0.0897. The van der Waals surface area contributed by atoms with E-state index in [1.54, 1.807) is 6.20 Å². The molecule has 2 heterocycles. The molecular weight excluding hydrogens is 343 g/mol. The topological polar surface area (TPSA) is 63.6 Å². The van der Waals surface area contributed by atoms with E-state index in [1.165, 1.54) is 0 Å². The maximum absolute atomic E-state index is 11.9. The summed E-state index contributed by atoms with van der Waals surface area (Å²) in [5, 5.41) is 4.19. The highest BCUT2D eigenvalue weighted by Crippen LogP contribution is 2.20. The molecule has 5 nitrogen and oxygen atoms in total. The molecule has 0 aliphatic heterocycles. The van der Waals surface area contributed by atoms with Gasteiger partial charge in [-0.05, 0) is 41.5 Å². The summed E-state index contributed by atoms with van der Waals surface area (Å²) in [7, 11) is 0. The van der Waals surface area contributed by atoms with Crippen LogP contribution >= 0.6 is 22.6 Å². The number of nitrogens with one attached hydrogen (secondary N) is 1. The van der Waals surface area contributed by atoms with Gasteiger partial charge in [0.05, 0.1) is 9.26 Å². The van der Waals surface area contributed by atoms with Crippen molar-refractivity contribution in [1.82, 2.24) is 19.7 Å². The number of rotatable bonds is 3. The van der Waals surface area contributed by atoms with Crippen LogP contribution in [0.3, 0.4) is 0 Å². The highest BCUT2D eigenvalue weighted by molar-refractivity contribution is 14.1. The molecule has 1 N–H and O–H groups in total. The Hall–Kier alpha value is -1.18. The van der Waals surface area contributed by atoms with Gasteiger partial charge in [0, 0.05) is 12.7 Å². The van der Waals surface area contributed by atoms with Crippen LogP contribution in [0.4, 0.5) is 0 Å². The number of hydrogen-bond donors (Lipinski definition) is 1. The first kappa shape index (κ1) is 13.3. The zero-order valence-corrected chi connectivity index (χ0v) is 12.7. The predicted molar refractivity (Wildman–Crippen MR) is 78.6 cm³/mol. The van der Waals surface area contributed by atoms with Crippen molar-refractivity contribution < 1.29 is 0 Å². The lowest BCUT2D eigenvalue weighted by Gasteiger charge is -2.10. The van der Waals surface area contributed by atoms with Crippen molar-refractivity contribution >= 4 is 22.6 Å². The van der Waals surface area contributed by atoms with Gasteiger partial charge in [-0.1, -0.05) is 13.8 Å². The first-order chi connectivity index (χ1) is 8.54. The van der Waals surface area contributed by atoms with Gasteiger partial charge in [0.15, 0.2) is 5.82 Å². The Morgan fingerprint density at radius 2 is 2.22 bits per heavy atom. The lowest BCUT2D eigenvalue weighted by Crippen LogP contribution is -2.18. The average Bonchev–Trinajstić information content (AvgIpc) is 2.80. The van der Waals surface area contributed by atoms with Crippen LogP contribution in [0.25, 0.3) is 11.5 Å². The Morgan fingerprint density at radius 3 is 2.83 bits per heavy atom. The van der Waals surface area contributed by atoms with E-state index in [-0.39, 0.29) is 11.5 Å². The largest absolute Gasteiger partial charge is 0.304 e. The highest BCUT2D eigenvalue weighted by Gasteiger charge is 2.14. The summed E-state index contributed by atoms with van der Waals surface area (Å²) < 4.78 is 2.48. The van der Waals surface area contributed by atoms with Crippen LogP contribution in [0.15, 0.2) is 17.1 Å². The Kier molecular flexibility index (Phi) is 3.84. The van der Waals surface area contributed by atoms with E-state index in [0.29, 0.717) is 9.39 Å². The molecule has 0 bridgehead atoms. The summed E-state index contributed by atoms with van der Waals surface area (Å²) in [6.07, 6.45) is 1.71. The van der Waals surface area contributed by atoms with Gasteiger partial charge >= 0.3 is 0 Å². The van der Waals surface area contributed by atoms with E-state index < -0.39 is 0 Å². The first-order valence-electron chi connectivity index (χ1n) is 5.86. The molecule has 0 spiro atoms. The maximum Gasteiger partial charge on any atom is 0.264 e. The zero-order chi connectivity index (χ0) is 13.3. The Morgan fingerprint density at radius 1 is 1.50 bits per heavy atom. The molecule has 6 heteroatoms. The first-order valence-corrected chi connectivity index (χ1v) is 6.94. The number of hydrogen-bond acceptors (Lipinski definition) is 3. The van der Waals surface area contributed by atoms with Gasteiger partial charge in [0.25, 0.3) is 5.56 Å². The lowest BCUT2D eigenvalue weighted by molar-refractivity contribution is 0.662. The fourth-order valence-corrected chi connectivity index (χ4v) is 2.64. The summed E-state index contributed by atoms with van der Waals surface area (Å²) in [5.74, 6) is 0.805. The number of nitrogens with zero attached hydrogens (tertiary/aromatic N) is 3. The molecular formula is C12H15IN4O. The molecule has 0 aliphatic carbocycles. The third-order valence-corrected chi connectivity index (χ3v) is 3.74. The van der Waals surface area contributed by atoms with Crippen molar-refractivity contribution in [2.24, 2.45) is 0 Å². The summed E-state index contributed by atoms with van der Waals surface area (Å²) in [6.45, 7) is 6.81. The molecule has 2 rings (SSSR count). The number of halogens is 1. The van der Waals surface area contributed by atoms with Gasteiger partial charge in [0.1, 0.15) is 5.69 Å². The van der Waals surface area contributed by atoms with Crippen LogP contribution in [0.2, 0.25) is 0 Å². The molecule has 0 radical (unpaired) electrons. The van der Waals surface area contributed by atoms with Gasteiger partial charge in [0.2, 0.25) is 0 Å². The van der Waals surface area contributed by atoms with Crippen molar-refractivity contribution in [3.63, 3.8) is 0 Å². The van der Waals surface area contributed by atoms with Crippen molar-refractivity contribution in [3.8, 4) is 11.5 Å². The summed E-state index contributed by atoms with van der Waals surface area (Å²) in [4.78, 5) is 19.3. The third-order valence-electron chi connectivity index (χ3n) is 2.69. The summed E-state index contributed by atoms with van der Waals surface area (Å²) in [5.41, 5.74) is 1.58. The fourth-order valence-electron chi connectivity index (χ4n) is 1.77. The predicted octanol–water partition coefficient (Wildman–Crippen LogP) is 2.38. The number of aromatic amines is 1. The van der Waals surface area contributed by atoms with Crippen LogP contribution in [-0.2, 0) is 6.54 Å². The smallest absolute Gasteiger partial charge is 0.264 e. The zero-order valence-electron chi connectivity index (χ0n) is 10.6. The van der Waals surface area contributed by atoms with Crippen LogP contribution in [0.5, 0.6) is 0 Å². The monoisotopic (exact) mass is 358 g/mol. The van der Waals surface area contributed by atoms with Crippen molar-refractivity contribution in [3.05, 3.63) is 31.9 Å². The molecule has 0 fully saturated rings. The van der Waals surface area contributed by atoms with E-state index in [9.17, 15) is 4.79 Å².